The standard InChI is InChI=1S/C13H12N2O2/c16-15(17)11-6-5-10-7-9-3-1-2-4-12(9)14-13(10)8-11/h5-8H,1-4H2. The molecule has 0 spiro atoms. The minimum Gasteiger partial charge on any atom is -0.258 e. The van der Waals surface area contributed by atoms with E-state index in [4.69, 9.17) is 0 Å². The first-order valence-corrected chi connectivity index (χ1v) is 5.81. The van der Waals surface area contributed by atoms with Crippen molar-refractivity contribution in [3.05, 3.63) is 45.6 Å². The molecule has 0 fully saturated rings. The number of fused-ring (bicyclic) bond motifs is 2. The number of rotatable bonds is 1. The molecule has 4 nitrogen and oxygen atoms in total. The predicted molar refractivity (Wildman–Crippen MR) is 65.0 cm³/mol. The van der Waals surface area contributed by atoms with E-state index in [1.807, 2.05) is 0 Å². The molecule has 0 saturated carbocycles. The van der Waals surface area contributed by atoms with Gasteiger partial charge in [0.2, 0.25) is 0 Å². The molecule has 0 saturated heterocycles. The zero-order chi connectivity index (χ0) is 11.8. The smallest absolute Gasteiger partial charge is 0.258 e. The van der Waals surface area contributed by atoms with Crippen LogP contribution >= 0.6 is 0 Å². The number of nitro groups is 1. The fourth-order valence-corrected chi connectivity index (χ4v) is 2.39. The van der Waals surface area contributed by atoms with E-state index in [9.17, 15) is 10.1 Å². The molecular formula is C13H12N2O2. The first-order valence-electron chi connectivity index (χ1n) is 5.81. The minimum absolute atomic E-state index is 0.112. The SMILES string of the molecule is O=[N+]([O-])c1ccc2cc3c(nc2c1)CCCC3. The summed E-state index contributed by atoms with van der Waals surface area (Å²) >= 11 is 0. The molecule has 1 aromatic heterocycles. The summed E-state index contributed by atoms with van der Waals surface area (Å²) in [4.78, 5) is 14.9. The summed E-state index contributed by atoms with van der Waals surface area (Å²) < 4.78 is 0. The Kier molecular flexibility index (Phi) is 2.28. The highest BCUT2D eigenvalue weighted by atomic mass is 16.6. The van der Waals surface area contributed by atoms with Gasteiger partial charge in [0.25, 0.3) is 5.69 Å². The van der Waals surface area contributed by atoms with Gasteiger partial charge in [-0.2, -0.15) is 0 Å². The molecule has 2 aromatic rings. The molecule has 0 N–H and O–H groups in total. The fourth-order valence-electron chi connectivity index (χ4n) is 2.39. The molecule has 1 aromatic carbocycles. The Hall–Kier alpha value is -1.97. The van der Waals surface area contributed by atoms with Gasteiger partial charge < -0.3 is 0 Å². The number of nitro benzene ring substituents is 1. The molecule has 0 unspecified atom stereocenters. The molecule has 0 atom stereocenters. The van der Waals surface area contributed by atoms with E-state index in [-0.39, 0.29) is 10.6 Å². The summed E-state index contributed by atoms with van der Waals surface area (Å²) in [6, 6.07) is 7.01. The highest BCUT2D eigenvalue weighted by Gasteiger charge is 2.13. The molecule has 1 aliphatic carbocycles. The van der Waals surface area contributed by atoms with E-state index in [2.05, 4.69) is 11.1 Å². The third-order valence-corrected chi connectivity index (χ3v) is 3.29. The maximum atomic E-state index is 10.7. The summed E-state index contributed by atoms with van der Waals surface area (Å²) in [7, 11) is 0. The normalized spacial score (nSPS) is 14.6. The van der Waals surface area contributed by atoms with Gasteiger partial charge in [-0.1, -0.05) is 0 Å². The molecule has 0 radical (unpaired) electrons. The van der Waals surface area contributed by atoms with Crippen molar-refractivity contribution in [2.24, 2.45) is 0 Å². The van der Waals surface area contributed by atoms with Crippen LogP contribution in [0.4, 0.5) is 5.69 Å². The van der Waals surface area contributed by atoms with Crippen LogP contribution in [0.2, 0.25) is 0 Å². The van der Waals surface area contributed by atoms with E-state index in [0.717, 1.165) is 29.4 Å². The van der Waals surface area contributed by atoms with Crippen LogP contribution in [0.25, 0.3) is 10.9 Å². The number of aryl methyl sites for hydroxylation is 2. The monoisotopic (exact) mass is 228 g/mol. The lowest BCUT2D eigenvalue weighted by Crippen LogP contribution is -2.05. The van der Waals surface area contributed by atoms with Gasteiger partial charge in [-0.05, 0) is 43.4 Å². The number of non-ortho nitro benzene ring substituents is 1. The van der Waals surface area contributed by atoms with Gasteiger partial charge in [0.1, 0.15) is 0 Å². The van der Waals surface area contributed by atoms with Gasteiger partial charge in [0.05, 0.1) is 10.4 Å². The van der Waals surface area contributed by atoms with Crippen molar-refractivity contribution >= 4 is 16.6 Å². The summed E-state index contributed by atoms with van der Waals surface area (Å²) in [5.74, 6) is 0. The van der Waals surface area contributed by atoms with Crippen LogP contribution < -0.4 is 0 Å². The molecule has 0 amide bonds. The summed E-state index contributed by atoms with van der Waals surface area (Å²) in [5, 5.41) is 11.7. The Bertz CT molecular complexity index is 608. The Labute approximate surface area is 98.4 Å². The minimum atomic E-state index is -0.374. The molecule has 4 heteroatoms. The third-order valence-electron chi connectivity index (χ3n) is 3.29. The van der Waals surface area contributed by atoms with Crippen molar-refractivity contribution in [3.8, 4) is 0 Å². The van der Waals surface area contributed by atoms with Crippen LogP contribution in [-0.2, 0) is 12.8 Å². The van der Waals surface area contributed by atoms with Gasteiger partial charge in [0, 0.05) is 23.2 Å². The van der Waals surface area contributed by atoms with Crippen LogP contribution in [0.15, 0.2) is 24.3 Å². The first-order chi connectivity index (χ1) is 8.24. The molecule has 1 aliphatic rings. The Morgan fingerprint density at radius 2 is 2.00 bits per heavy atom. The second-order valence-electron chi connectivity index (χ2n) is 4.44. The maximum absolute atomic E-state index is 10.7. The Morgan fingerprint density at radius 3 is 2.82 bits per heavy atom. The van der Waals surface area contributed by atoms with Crippen LogP contribution in [-0.4, -0.2) is 9.91 Å². The maximum Gasteiger partial charge on any atom is 0.271 e. The second-order valence-corrected chi connectivity index (χ2v) is 4.44. The average Bonchev–Trinajstić information content (AvgIpc) is 2.35. The molecule has 17 heavy (non-hydrogen) atoms. The number of nitrogens with zero attached hydrogens (tertiary/aromatic N) is 2. The topological polar surface area (TPSA) is 56.0 Å². The van der Waals surface area contributed by atoms with Crippen LogP contribution in [0.5, 0.6) is 0 Å². The van der Waals surface area contributed by atoms with Gasteiger partial charge in [-0.15, -0.1) is 0 Å². The van der Waals surface area contributed by atoms with Crippen molar-refractivity contribution in [2.45, 2.75) is 25.7 Å². The molecular weight excluding hydrogens is 216 g/mol. The quantitative estimate of drug-likeness (QED) is 0.556. The summed E-state index contributed by atoms with van der Waals surface area (Å²) in [6.07, 6.45) is 4.46. The lowest BCUT2D eigenvalue weighted by atomic mass is 9.95. The van der Waals surface area contributed by atoms with E-state index < -0.39 is 0 Å². The zero-order valence-electron chi connectivity index (χ0n) is 9.35. The van der Waals surface area contributed by atoms with E-state index in [1.54, 1.807) is 18.2 Å². The number of hydrogen-bond acceptors (Lipinski definition) is 3. The number of pyridine rings is 1. The van der Waals surface area contributed by atoms with Crippen molar-refractivity contribution in [1.29, 1.82) is 0 Å². The fraction of sp³-hybridized carbons (Fsp3) is 0.308. The highest BCUT2D eigenvalue weighted by molar-refractivity contribution is 5.81. The Morgan fingerprint density at radius 1 is 1.18 bits per heavy atom. The van der Waals surface area contributed by atoms with Crippen LogP contribution in [0.1, 0.15) is 24.1 Å². The molecule has 0 bridgehead atoms. The molecule has 0 aliphatic heterocycles. The molecule has 3 rings (SSSR count). The van der Waals surface area contributed by atoms with Crippen molar-refractivity contribution in [3.63, 3.8) is 0 Å². The number of aromatic nitrogens is 1. The number of benzene rings is 1. The lowest BCUT2D eigenvalue weighted by Gasteiger charge is -2.15. The molecule has 1 heterocycles. The Balaban J connectivity index is 2.20. The second kappa shape index (κ2) is 3.80. The largest absolute Gasteiger partial charge is 0.271 e. The zero-order valence-corrected chi connectivity index (χ0v) is 9.35. The molecule has 86 valence electrons. The number of hydrogen-bond donors (Lipinski definition) is 0. The van der Waals surface area contributed by atoms with Gasteiger partial charge >= 0.3 is 0 Å². The van der Waals surface area contributed by atoms with E-state index >= 15 is 0 Å². The van der Waals surface area contributed by atoms with Gasteiger partial charge in [-0.25, -0.2) is 0 Å². The lowest BCUT2D eigenvalue weighted by molar-refractivity contribution is -0.384. The van der Waals surface area contributed by atoms with Crippen molar-refractivity contribution < 1.29 is 4.92 Å². The third kappa shape index (κ3) is 1.75. The van der Waals surface area contributed by atoms with Gasteiger partial charge in [0.15, 0.2) is 0 Å². The van der Waals surface area contributed by atoms with Gasteiger partial charge in [-0.3, -0.25) is 15.1 Å². The summed E-state index contributed by atoms with van der Waals surface area (Å²) in [6.45, 7) is 0. The average molecular weight is 228 g/mol. The van der Waals surface area contributed by atoms with Crippen LogP contribution in [0.3, 0.4) is 0 Å². The highest BCUT2D eigenvalue weighted by Crippen LogP contribution is 2.26. The van der Waals surface area contributed by atoms with Crippen molar-refractivity contribution in [1.82, 2.24) is 4.98 Å². The first kappa shape index (κ1) is 10.2. The van der Waals surface area contributed by atoms with E-state index in [0.29, 0.717) is 0 Å². The summed E-state index contributed by atoms with van der Waals surface area (Å²) in [5.41, 5.74) is 3.27. The van der Waals surface area contributed by atoms with E-state index in [1.165, 1.54) is 18.4 Å². The van der Waals surface area contributed by atoms with Crippen molar-refractivity contribution in [2.75, 3.05) is 0 Å². The van der Waals surface area contributed by atoms with Crippen LogP contribution in [0, 0.1) is 10.1 Å². The predicted octanol–water partition coefficient (Wildman–Crippen LogP) is 3.02.